The summed E-state index contributed by atoms with van der Waals surface area (Å²) in [6, 6.07) is 2.76. The van der Waals surface area contributed by atoms with Gasteiger partial charge in [0, 0.05) is 24.6 Å². The van der Waals surface area contributed by atoms with Crippen molar-refractivity contribution in [2.24, 2.45) is 0 Å². The van der Waals surface area contributed by atoms with Crippen LogP contribution in [0.2, 0.25) is 0 Å². The second kappa shape index (κ2) is 6.00. The normalized spacial score (nSPS) is 15.2. The Kier molecular flexibility index (Phi) is 4.60. The van der Waals surface area contributed by atoms with Gasteiger partial charge in [0.1, 0.15) is 16.2 Å². The highest BCUT2D eigenvalue weighted by Gasteiger charge is 2.30. The van der Waals surface area contributed by atoms with Crippen LogP contribution in [0.4, 0.5) is 5.82 Å². The number of hydrogen-bond donors (Lipinski definition) is 0. The minimum Gasteiger partial charge on any atom is -0.353 e. The lowest BCUT2D eigenvalue weighted by Crippen LogP contribution is -2.28. The van der Waals surface area contributed by atoms with Gasteiger partial charge in [-0.1, -0.05) is 27.2 Å². The maximum atomic E-state index is 4.73. The Hall–Kier alpha value is -0.640. The monoisotopic (exact) mass is 311 g/mol. The van der Waals surface area contributed by atoms with E-state index in [1.165, 1.54) is 25.7 Å². The van der Waals surface area contributed by atoms with Gasteiger partial charge in [-0.2, -0.15) is 0 Å². The molecule has 100 valence electrons. The van der Waals surface area contributed by atoms with Crippen molar-refractivity contribution < 1.29 is 0 Å². The summed E-state index contributed by atoms with van der Waals surface area (Å²) in [6.45, 7) is 7.63. The Morgan fingerprint density at radius 3 is 2.67 bits per heavy atom. The molecule has 1 aliphatic rings. The van der Waals surface area contributed by atoms with Gasteiger partial charge in [-0.3, -0.25) is 0 Å². The van der Waals surface area contributed by atoms with Crippen LogP contribution in [0.3, 0.4) is 0 Å². The largest absolute Gasteiger partial charge is 0.353 e. The fraction of sp³-hybridized carbons (Fsp3) is 0.714. The first-order valence-corrected chi connectivity index (χ1v) is 7.72. The van der Waals surface area contributed by atoms with Gasteiger partial charge in [0.25, 0.3) is 0 Å². The lowest BCUT2D eigenvalue weighted by Gasteiger charge is -2.24. The van der Waals surface area contributed by atoms with Gasteiger partial charge in [-0.25, -0.2) is 9.97 Å². The standard InChI is InChI=1S/C14H22BrN3/c1-4-5-8-18(11-6-7-11)13-9-12(15)16-14(17-13)10(2)3/h9-11H,4-8H2,1-3H3. The smallest absolute Gasteiger partial charge is 0.134 e. The van der Waals surface area contributed by atoms with Crippen molar-refractivity contribution in [3.05, 3.63) is 16.5 Å². The van der Waals surface area contributed by atoms with E-state index in [0.29, 0.717) is 12.0 Å². The number of rotatable bonds is 6. The van der Waals surface area contributed by atoms with E-state index in [4.69, 9.17) is 4.98 Å². The van der Waals surface area contributed by atoms with Crippen LogP contribution < -0.4 is 4.90 Å². The number of unbranched alkanes of at least 4 members (excludes halogenated alkanes) is 1. The summed E-state index contributed by atoms with van der Waals surface area (Å²) in [5, 5.41) is 0. The Balaban J connectivity index is 2.23. The molecule has 1 fully saturated rings. The molecule has 1 aromatic rings. The lowest BCUT2D eigenvalue weighted by atomic mass is 10.2. The third kappa shape index (κ3) is 3.44. The Morgan fingerprint density at radius 2 is 2.11 bits per heavy atom. The summed E-state index contributed by atoms with van der Waals surface area (Å²) in [5.41, 5.74) is 0. The molecule has 0 bridgehead atoms. The zero-order chi connectivity index (χ0) is 13.1. The molecule has 0 aromatic carbocycles. The van der Waals surface area contributed by atoms with Gasteiger partial charge in [0.15, 0.2) is 0 Å². The molecule has 1 heterocycles. The highest BCUT2D eigenvalue weighted by atomic mass is 79.9. The van der Waals surface area contributed by atoms with E-state index in [2.05, 4.69) is 52.7 Å². The molecule has 1 aliphatic carbocycles. The molecule has 0 amide bonds. The first-order chi connectivity index (χ1) is 8.61. The van der Waals surface area contributed by atoms with Gasteiger partial charge in [0.05, 0.1) is 0 Å². The van der Waals surface area contributed by atoms with Crippen LogP contribution in [0.15, 0.2) is 10.7 Å². The molecule has 0 atom stereocenters. The quantitative estimate of drug-likeness (QED) is 0.740. The Labute approximate surface area is 118 Å². The molecule has 0 saturated heterocycles. The fourth-order valence-corrected chi connectivity index (χ4v) is 2.41. The van der Waals surface area contributed by atoms with Crippen molar-refractivity contribution in [3.8, 4) is 0 Å². The van der Waals surface area contributed by atoms with Gasteiger partial charge >= 0.3 is 0 Å². The molecule has 0 spiro atoms. The predicted molar refractivity (Wildman–Crippen MR) is 79.1 cm³/mol. The first kappa shape index (κ1) is 13.8. The fourth-order valence-electron chi connectivity index (χ4n) is 2.03. The third-order valence-corrected chi connectivity index (χ3v) is 3.66. The van der Waals surface area contributed by atoms with Crippen LogP contribution in [0.25, 0.3) is 0 Å². The summed E-state index contributed by atoms with van der Waals surface area (Å²) in [5.74, 6) is 2.39. The topological polar surface area (TPSA) is 29.0 Å². The summed E-state index contributed by atoms with van der Waals surface area (Å²) < 4.78 is 0.901. The van der Waals surface area contributed by atoms with Crippen LogP contribution in [0.1, 0.15) is 58.2 Å². The van der Waals surface area contributed by atoms with Crippen molar-refractivity contribution in [1.82, 2.24) is 9.97 Å². The van der Waals surface area contributed by atoms with E-state index < -0.39 is 0 Å². The van der Waals surface area contributed by atoms with Crippen molar-refractivity contribution in [3.63, 3.8) is 0 Å². The zero-order valence-electron chi connectivity index (χ0n) is 11.5. The van der Waals surface area contributed by atoms with E-state index in [-0.39, 0.29) is 0 Å². The predicted octanol–water partition coefficient (Wildman–Crippen LogP) is 4.13. The number of anilines is 1. The number of hydrogen-bond acceptors (Lipinski definition) is 3. The number of halogens is 1. The second-order valence-electron chi connectivity index (χ2n) is 5.34. The summed E-state index contributed by atoms with van der Waals surface area (Å²) in [7, 11) is 0. The average molecular weight is 312 g/mol. The van der Waals surface area contributed by atoms with Crippen LogP contribution in [0.5, 0.6) is 0 Å². The molecule has 1 saturated carbocycles. The highest BCUT2D eigenvalue weighted by molar-refractivity contribution is 9.10. The SMILES string of the molecule is CCCCN(c1cc(Br)nc(C(C)C)n1)C1CC1. The third-order valence-electron chi connectivity index (χ3n) is 3.25. The van der Waals surface area contributed by atoms with Crippen LogP contribution in [-0.2, 0) is 0 Å². The van der Waals surface area contributed by atoms with Crippen LogP contribution in [-0.4, -0.2) is 22.6 Å². The maximum absolute atomic E-state index is 4.73. The summed E-state index contributed by atoms with van der Waals surface area (Å²) in [4.78, 5) is 11.6. The number of aromatic nitrogens is 2. The molecule has 1 aromatic heterocycles. The molecule has 3 nitrogen and oxygen atoms in total. The molecule has 0 unspecified atom stereocenters. The number of nitrogens with zero attached hydrogens (tertiary/aromatic N) is 3. The van der Waals surface area contributed by atoms with Crippen molar-refractivity contribution >= 4 is 21.7 Å². The molecule has 4 heteroatoms. The molecule has 0 radical (unpaired) electrons. The van der Waals surface area contributed by atoms with Gasteiger partial charge < -0.3 is 4.90 Å². The Morgan fingerprint density at radius 1 is 1.39 bits per heavy atom. The van der Waals surface area contributed by atoms with E-state index >= 15 is 0 Å². The van der Waals surface area contributed by atoms with Gasteiger partial charge in [-0.05, 0) is 35.2 Å². The minimum atomic E-state index is 0.369. The molecule has 18 heavy (non-hydrogen) atoms. The van der Waals surface area contributed by atoms with Gasteiger partial charge in [-0.15, -0.1) is 0 Å². The zero-order valence-corrected chi connectivity index (χ0v) is 13.1. The second-order valence-corrected chi connectivity index (χ2v) is 6.15. The molecule has 2 rings (SSSR count). The molecule has 0 aliphatic heterocycles. The van der Waals surface area contributed by atoms with E-state index in [9.17, 15) is 0 Å². The molecule has 0 N–H and O–H groups in total. The van der Waals surface area contributed by atoms with Gasteiger partial charge in [0.2, 0.25) is 0 Å². The minimum absolute atomic E-state index is 0.369. The first-order valence-electron chi connectivity index (χ1n) is 6.93. The van der Waals surface area contributed by atoms with E-state index in [0.717, 1.165) is 22.8 Å². The van der Waals surface area contributed by atoms with E-state index in [1.807, 2.05) is 0 Å². The lowest BCUT2D eigenvalue weighted by molar-refractivity contribution is 0.690. The molecular formula is C14H22BrN3. The molecular weight excluding hydrogens is 290 g/mol. The summed E-state index contributed by atoms with van der Waals surface area (Å²) >= 11 is 3.51. The Bertz CT molecular complexity index is 402. The van der Waals surface area contributed by atoms with Crippen molar-refractivity contribution in [2.45, 2.75) is 58.4 Å². The highest BCUT2D eigenvalue weighted by Crippen LogP contribution is 2.32. The summed E-state index contributed by atoms with van der Waals surface area (Å²) in [6.07, 6.45) is 5.08. The van der Waals surface area contributed by atoms with Crippen molar-refractivity contribution in [2.75, 3.05) is 11.4 Å². The average Bonchev–Trinajstić information content (AvgIpc) is 3.13. The van der Waals surface area contributed by atoms with Crippen LogP contribution in [0, 0.1) is 0 Å². The maximum Gasteiger partial charge on any atom is 0.134 e. The van der Waals surface area contributed by atoms with Crippen LogP contribution >= 0.6 is 15.9 Å². The van der Waals surface area contributed by atoms with E-state index in [1.54, 1.807) is 0 Å². The van der Waals surface area contributed by atoms with Crippen molar-refractivity contribution in [1.29, 1.82) is 0 Å².